The summed E-state index contributed by atoms with van der Waals surface area (Å²) in [5.41, 5.74) is 1.24. The minimum Gasteiger partial charge on any atom is -0.497 e. The Morgan fingerprint density at radius 1 is 1.27 bits per heavy atom. The second-order valence-electron chi connectivity index (χ2n) is 5.24. The Kier molecular flexibility index (Phi) is 9.07. The van der Waals surface area contributed by atoms with Crippen LogP contribution in [0, 0.1) is 0 Å². The number of amides is 2. The maximum Gasteiger partial charge on any atom is 0.314 e. The van der Waals surface area contributed by atoms with Crippen molar-refractivity contribution in [3.63, 3.8) is 0 Å². The van der Waals surface area contributed by atoms with Gasteiger partial charge in [-0.05, 0) is 50.8 Å². The molecule has 0 aliphatic heterocycles. The minimum absolute atomic E-state index is 0.112. The second kappa shape index (κ2) is 10.9. The lowest BCUT2D eigenvalue weighted by atomic mass is 10.1. The van der Waals surface area contributed by atoms with Gasteiger partial charge in [-0.15, -0.1) is 0 Å². The van der Waals surface area contributed by atoms with E-state index in [1.807, 2.05) is 26.0 Å². The number of aryl methyl sites for hydroxylation is 1. The quantitative estimate of drug-likeness (QED) is 0.653. The molecule has 0 saturated carbocycles. The smallest absolute Gasteiger partial charge is 0.314 e. The Morgan fingerprint density at radius 3 is 2.64 bits per heavy atom. The molecule has 0 aliphatic carbocycles. The predicted molar refractivity (Wildman–Crippen MR) is 88.4 cm³/mol. The highest BCUT2D eigenvalue weighted by molar-refractivity contribution is 5.74. The third kappa shape index (κ3) is 7.88. The Bertz CT molecular complexity index is 420. The van der Waals surface area contributed by atoms with E-state index in [9.17, 15) is 4.79 Å². The van der Waals surface area contributed by atoms with E-state index in [4.69, 9.17) is 9.47 Å². The first-order chi connectivity index (χ1) is 10.7. The molecule has 0 fully saturated rings. The maximum absolute atomic E-state index is 11.7. The molecule has 1 aromatic carbocycles. The van der Waals surface area contributed by atoms with Crippen molar-refractivity contribution in [1.29, 1.82) is 0 Å². The monoisotopic (exact) mass is 308 g/mol. The summed E-state index contributed by atoms with van der Waals surface area (Å²) in [4.78, 5) is 11.7. The van der Waals surface area contributed by atoms with Crippen LogP contribution >= 0.6 is 0 Å². The van der Waals surface area contributed by atoms with Crippen LogP contribution in [0.3, 0.4) is 0 Å². The average molecular weight is 308 g/mol. The van der Waals surface area contributed by atoms with Gasteiger partial charge in [-0.1, -0.05) is 12.1 Å². The number of methoxy groups -OCH3 is 1. The molecule has 1 atom stereocenters. The van der Waals surface area contributed by atoms with E-state index >= 15 is 0 Å². The summed E-state index contributed by atoms with van der Waals surface area (Å²) in [6.45, 7) is 6.02. The summed E-state index contributed by atoms with van der Waals surface area (Å²) >= 11 is 0. The topological polar surface area (TPSA) is 59.6 Å². The van der Waals surface area contributed by atoms with Gasteiger partial charge in [-0.3, -0.25) is 0 Å². The van der Waals surface area contributed by atoms with Crippen molar-refractivity contribution >= 4 is 6.03 Å². The molecule has 2 N–H and O–H groups in total. The summed E-state index contributed by atoms with van der Waals surface area (Å²) in [5.74, 6) is 0.862. The van der Waals surface area contributed by atoms with Gasteiger partial charge in [-0.25, -0.2) is 4.79 Å². The number of carbonyl (C=O) groups is 1. The standard InChI is InChI=1S/C17H28N2O3/c1-4-22-13-5-12-18-17(20)19-14(2)6-7-15-8-10-16(21-3)11-9-15/h8-11,14H,4-7,12-13H2,1-3H3,(H2,18,19,20). The molecule has 1 rings (SSSR count). The molecule has 1 unspecified atom stereocenters. The van der Waals surface area contributed by atoms with Crippen LogP contribution in [-0.4, -0.2) is 38.9 Å². The largest absolute Gasteiger partial charge is 0.497 e. The number of urea groups is 1. The Balaban J connectivity index is 2.16. The molecule has 5 heteroatoms. The molecule has 0 saturated heterocycles. The van der Waals surface area contributed by atoms with Gasteiger partial charge in [0.15, 0.2) is 0 Å². The highest BCUT2D eigenvalue weighted by atomic mass is 16.5. The molecule has 0 radical (unpaired) electrons. The lowest BCUT2D eigenvalue weighted by Crippen LogP contribution is -2.41. The molecule has 5 nitrogen and oxygen atoms in total. The van der Waals surface area contributed by atoms with Crippen molar-refractivity contribution in [2.45, 2.75) is 39.2 Å². The summed E-state index contributed by atoms with van der Waals surface area (Å²) in [6, 6.07) is 8.04. The molecule has 2 amide bonds. The van der Waals surface area contributed by atoms with E-state index in [0.717, 1.165) is 25.0 Å². The van der Waals surface area contributed by atoms with Crippen molar-refractivity contribution < 1.29 is 14.3 Å². The summed E-state index contributed by atoms with van der Waals surface area (Å²) < 4.78 is 10.4. The molecule has 0 aliphatic rings. The van der Waals surface area contributed by atoms with Crippen molar-refractivity contribution in [3.05, 3.63) is 29.8 Å². The SMILES string of the molecule is CCOCCCNC(=O)NC(C)CCc1ccc(OC)cc1. The molecule has 22 heavy (non-hydrogen) atoms. The van der Waals surface area contributed by atoms with E-state index in [0.29, 0.717) is 19.8 Å². The molecule has 124 valence electrons. The van der Waals surface area contributed by atoms with Crippen LogP contribution in [0.15, 0.2) is 24.3 Å². The van der Waals surface area contributed by atoms with Crippen LogP contribution in [0.25, 0.3) is 0 Å². The number of nitrogens with one attached hydrogen (secondary N) is 2. The molecule has 1 aromatic rings. The fraction of sp³-hybridized carbons (Fsp3) is 0.588. The molecule has 0 bridgehead atoms. The predicted octanol–water partition coefficient (Wildman–Crippen LogP) is 2.74. The van der Waals surface area contributed by atoms with Crippen LogP contribution in [-0.2, 0) is 11.2 Å². The normalized spacial score (nSPS) is 11.8. The molecular weight excluding hydrogens is 280 g/mol. The zero-order valence-corrected chi connectivity index (χ0v) is 13.9. The molecule has 0 aromatic heterocycles. The van der Waals surface area contributed by atoms with Crippen molar-refractivity contribution in [3.8, 4) is 5.75 Å². The number of rotatable bonds is 10. The third-order valence-corrected chi connectivity index (χ3v) is 3.36. The minimum atomic E-state index is -0.112. The van der Waals surface area contributed by atoms with E-state index in [1.54, 1.807) is 7.11 Å². The fourth-order valence-electron chi connectivity index (χ4n) is 2.04. The molecular formula is C17H28N2O3. The van der Waals surface area contributed by atoms with Gasteiger partial charge in [-0.2, -0.15) is 0 Å². The zero-order valence-electron chi connectivity index (χ0n) is 13.9. The van der Waals surface area contributed by atoms with Crippen LogP contribution < -0.4 is 15.4 Å². The Labute approximate surface area is 133 Å². The lowest BCUT2D eigenvalue weighted by molar-refractivity contribution is 0.145. The summed E-state index contributed by atoms with van der Waals surface area (Å²) in [7, 11) is 1.66. The number of carbonyl (C=O) groups excluding carboxylic acids is 1. The van der Waals surface area contributed by atoms with Gasteiger partial charge in [0.25, 0.3) is 0 Å². The van der Waals surface area contributed by atoms with E-state index in [2.05, 4.69) is 22.8 Å². The fourth-order valence-corrected chi connectivity index (χ4v) is 2.04. The van der Waals surface area contributed by atoms with Crippen LogP contribution in [0.1, 0.15) is 32.3 Å². The van der Waals surface area contributed by atoms with Crippen LogP contribution in [0.4, 0.5) is 4.79 Å². The first kappa shape index (κ1) is 18.3. The van der Waals surface area contributed by atoms with Crippen molar-refractivity contribution in [2.24, 2.45) is 0 Å². The van der Waals surface area contributed by atoms with Gasteiger partial charge >= 0.3 is 6.03 Å². The first-order valence-corrected chi connectivity index (χ1v) is 7.90. The van der Waals surface area contributed by atoms with Crippen LogP contribution in [0.5, 0.6) is 5.75 Å². The van der Waals surface area contributed by atoms with Gasteiger partial charge in [0.05, 0.1) is 7.11 Å². The molecule has 0 heterocycles. The highest BCUT2D eigenvalue weighted by Crippen LogP contribution is 2.13. The summed E-state index contributed by atoms with van der Waals surface area (Å²) in [5, 5.41) is 5.79. The number of benzene rings is 1. The van der Waals surface area contributed by atoms with E-state index < -0.39 is 0 Å². The van der Waals surface area contributed by atoms with Crippen molar-refractivity contribution in [2.75, 3.05) is 26.9 Å². The second-order valence-corrected chi connectivity index (χ2v) is 5.24. The number of hydrogen-bond acceptors (Lipinski definition) is 3. The number of ether oxygens (including phenoxy) is 2. The Hall–Kier alpha value is -1.75. The van der Waals surface area contributed by atoms with Gasteiger partial charge in [0.1, 0.15) is 5.75 Å². The van der Waals surface area contributed by atoms with Crippen LogP contribution in [0.2, 0.25) is 0 Å². The van der Waals surface area contributed by atoms with Crippen molar-refractivity contribution in [1.82, 2.24) is 10.6 Å². The zero-order chi connectivity index (χ0) is 16.2. The maximum atomic E-state index is 11.7. The molecule has 0 spiro atoms. The highest BCUT2D eigenvalue weighted by Gasteiger charge is 2.07. The Morgan fingerprint density at radius 2 is 2.00 bits per heavy atom. The lowest BCUT2D eigenvalue weighted by Gasteiger charge is -2.14. The van der Waals surface area contributed by atoms with Gasteiger partial charge in [0.2, 0.25) is 0 Å². The van der Waals surface area contributed by atoms with Gasteiger partial charge in [0, 0.05) is 25.8 Å². The first-order valence-electron chi connectivity index (χ1n) is 7.90. The third-order valence-electron chi connectivity index (χ3n) is 3.36. The number of hydrogen-bond donors (Lipinski definition) is 2. The average Bonchev–Trinajstić information content (AvgIpc) is 2.53. The van der Waals surface area contributed by atoms with E-state index in [1.165, 1.54) is 5.56 Å². The summed E-state index contributed by atoms with van der Waals surface area (Å²) in [6.07, 6.45) is 2.66. The van der Waals surface area contributed by atoms with Gasteiger partial charge < -0.3 is 20.1 Å². The van der Waals surface area contributed by atoms with E-state index in [-0.39, 0.29) is 12.1 Å².